The topological polar surface area (TPSA) is 72.8 Å². The maximum atomic E-state index is 13.2. The van der Waals surface area contributed by atoms with Gasteiger partial charge in [-0.15, -0.1) is 0 Å². The van der Waals surface area contributed by atoms with Crippen molar-refractivity contribution in [3.63, 3.8) is 0 Å². The van der Waals surface area contributed by atoms with E-state index in [4.69, 9.17) is 4.74 Å². The number of hydrogen-bond donors (Lipinski definition) is 1. The molecule has 4 aromatic rings. The zero-order valence-electron chi connectivity index (χ0n) is 15.2. The molecule has 0 saturated heterocycles. The molecular formula is C21H20N4O2. The molecule has 1 atom stereocenters. The molecule has 0 aliphatic carbocycles. The number of nitrogens with one attached hydrogen (secondary N) is 1. The van der Waals surface area contributed by atoms with Crippen LogP contribution < -0.4 is 10.3 Å². The van der Waals surface area contributed by atoms with E-state index in [0.717, 1.165) is 34.2 Å². The van der Waals surface area contributed by atoms with Gasteiger partial charge in [-0.2, -0.15) is 10.2 Å². The zero-order chi connectivity index (χ0) is 18.8. The van der Waals surface area contributed by atoms with Gasteiger partial charge in [-0.1, -0.05) is 31.2 Å². The van der Waals surface area contributed by atoms with Crippen molar-refractivity contribution in [1.29, 1.82) is 0 Å². The molecule has 0 saturated carbocycles. The maximum absolute atomic E-state index is 13.2. The molecule has 2 aromatic heterocycles. The first-order valence-corrected chi connectivity index (χ1v) is 8.86. The van der Waals surface area contributed by atoms with E-state index >= 15 is 0 Å². The van der Waals surface area contributed by atoms with Crippen LogP contribution in [0, 0.1) is 0 Å². The lowest BCUT2D eigenvalue weighted by atomic mass is 10.0. The third-order valence-corrected chi connectivity index (χ3v) is 4.81. The Balaban J connectivity index is 1.85. The first-order valence-electron chi connectivity index (χ1n) is 8.86. The number of methoxy groups -OCH3 is 1. The van der Waals surface area contributed by atoms with E-state index in [2.05, 4.69) is 15.3 Å². The molecule has 0 aliphatic heterocycles. The minimum Gasteiger partial charge on any atom is -0.497 e. The van der Waals surface area contributed by atoms with Crippen LogP contribution >= 0.6 is 0 Å². The van der Waals surface area contributed by atoms with Gasteiger partial charge in [-0.25, -0.2) is 4.68 Å². The van der Waals surface area contributed by atoms with Crippen LogP contribution in [-0.4, -0.2) is 27.1 Å². The Morgan fingerprint density at radius 1 is 1.15 bits per heavy atom. The van der Waals surface area contributed by atoms with Crippen LogP contribution in [0.25, 0.3) is 21.9 Å². The quantitative estimate of drug-likeness (QED) is 0.588. The number of nitrogens with zero attached hydrogens (tertiary/aromatic N) is 3. The number of aromatic nitrogens is 4. The number of ether oxygens (including phenoxy) is 1. The van der Waals surface area contributed by atoms with E-state index in [1.807, 2.05) is 55.6 Å². The molecule has 136 valence electrons. The Morgan fingerprint density at radius 2 is 2.04 bits per heavy atom. The van der Waals surface area contributed by atoms with Crippen molar-refractivity contribution >= 4 is 10.8 Å². The van der Waals surface area contributed by atoms with Gasteiger partial charge >= 0.3 is 0 Å². The molecule has 0 aliphatic rings. The lowest BCUT2D eigenvalue weighted by Gasteiger charge is -2.18. The summed E-state index contributed by atoms with van der Waals surface area (Å²) in [7, 11) is 1.64. The van der Waals surface area contributed by atoms with Gasteiger partial charge in [0.05, 0.1) is 30.9 Å². The van der Waals surface area contributed by atoms with Gasteiger partial charge in [-0.05, 0) is 35.7 Å². The van der Waals surface area contributed by atoms with Gasteiger partial charge in [0.2, 0.25) is 0 Å². The minimum absolute atomic E-state index is 0.104. The van der Waals surface area contributed by atoms with Crippen LogP contribution in [0.2, 0.25) is 0 Å². The molecule has 0 amide bonds. The first-order chi connectivity index (χ1) is 13.2. The molecule has 0 radical (unpaired) electrons. The Hall–Kier alpha value is -3.41. The maximum Gasteiger partial charge on any atom is 0.275 e. The van der Waals surface area contributed by atoms with Gasteiger partial charge in [0.1, 0.15) is 5.75 Å². The number of fused-ring (bicyclic) bond motifs is 1. The second-order valence-electron chi connectivity index (χ2n) is 6.38. The second kappa shape index (κ2) is 7.07. The molecule has 2 heterocycles. The molecule has 1 N–H and O–H groups in total. The Labute approximate surface area is 156 Å². The lowest BCUT2D eigenvalue weighted by molar-refractivity contribution is 0.411. The van der Waals surface area contributed by atoms with E-state index in [9.17, 15) is 4.79 Å². The van der Waals surface area contributed by atoms with Crippen LogP contribution in [0.15, 0.2) is 65.8 Å². The van der Waals surface area contributed by atoms with Crippen molar-refractivity contribution in [2.75, 3.05) is 7.11 Å². The number of rotatable bonds is 5. The third kappa shape index (κ3) is 3.10. The van der Waals surface area contributed by atoms with E-state index in [-0.39, 0.29) is 11.6 Å². The van der Waals surface area contributed by atoms with E-state index in [1.165, 1.54) is 0 Å². The van der Waals surface area contributed by atoms with Crippen molar-refractivity contribution in [3.05, 3.63) is 77.0 Å². The number of aromatic amines is 1. The molecule has 6 nitrogen and oxygen atoms in total. The highest BCUT2D eigenvalue weighted by atomic mass is 16.5. The van der Waals surface area contributed by atoms with E-state index < -0.39 is 0 Å². The van der Waals surface area contributed by atoms with E-state index in [1.54, 1.807) is 24.2 Å². The Bertz CT molecular complexity index is 1130. The van der Waals surface area contributed by atoms with Crippen LogP contribution in [0.4, 0.5) is 0 Å². The fourth-order valence-corrected chi connectivity index (χ4v) is 3.36. The molecule has 27 heavy (non-hydrogen) atoms. The number of hydrogen-bond acceptors (Lipinski definition) is 4. The van der Waals surface area contributed by atoms with Crippen molar-refractivity contribution in [2.24, 2.45) is 0 Å². The van der Waals surface area contributed by atoms with Gasteiger partial charge < -0.3 is 4.74 Å². The van der Waals surface area contributed by atoms with Crippen LogP contribution in [-0.2, 0) is 0 Å². The summed E-state index contributed by atoms with van der Waals surface area (Å²) in [5, 5.41) is 12.7. The summed E-state index contributed by atoms with van der Waals surface area (Å²) in [4.78, 5) is 13.2. The molecule has 4 rings (SSSR count). The lowest BCUT2D eigenvalue weighted by Crippen LogP contribution is -2.27. The summed E-state index contributed by atoms with van der Waals surface area (Å²) in [5.41, 5.74) is 2.78. The van der Waals surface area contributed by atoms with Crippen molar-refractivity contribution in [1.82, 2.24) is 20.0 Å². The fraction of sp³-hybridized carbons (Fsp3) is 0.190. The van der Waals surface area contributed by atoms with Gasteiger partial charge in [-0.3, -0.25) is 9.89 Å². The summed E-state index contributed by atoms with van der Waals surface area (Å²) in [5.74, 6) is 0.766. The molecule has 1 unspecified atom stereocenters. The van der Waals surface area contributed by atoms with Crippen LogP contribution in [0.5, 0.6) is 5.75 Å². The predicted octanol–water partition coefficient (Wildman–Crippen LogP) is 3.79. The van der Waals surface area contributed by atoms with Crippen molar-refractivity contribution < 1.29 is 4.74 Å². The summed E-state index contributed by atoms with van der Waals surface area (Å²) in [6, 6.07) is 13.4. The average Bonchev–Trinajstić information content (AvgIpc) is 3.25. The molecule has 0 spiro atoms. The Morgan fingerprint density at radius 3 is 2.78 bits per heavy atom. The smallest absolute Gasteiger partial charge is 0.275 e. The summed E-state index contributed by atoms with van der Waals surface area (Å²) >= 11 is 0. The normalized spacial score (nSPS) is 12.2. The van der Waals surface area contributed by atoms with Crippen molar-refractivity contribution in [2.45, 2.75) is 19.4 Å². The summed E-state index contributed by atoms with van der Waals surface area (Å²) < 4.78 is 6.89. The van der Waals surface area contributed by atoms with Gasteiger partial charge in [0.15, 0.2) is 0 Å². The highest BCUT2D eigenvalue weighted by molar-refractivity contribution is 5.85. The summed E-state index contributed by atoms with van der Waals surface area (Å²) in [6.45, 7) is 2.05. The minimum atomic E-state index is -0.158. The van der Waals surface area contributed by atoms with Crippen LogP contribution in [0.3, 0.4) is 0 Å². The van der Waals surface area contributed by atoms with Gasteiger partial charge in [0.25, 0.3) is 5.56 Å². The van der Waals surface area contributed by atoms with Gasteiger partial charge in [0, 0.05) is 17.1 Å². The van der Waals surface area contributed by atoms with E-state index in [0.29, 0.717) is 5.39 Å². The summed E-state index contributed by atoms with van der Waals surface area (Å²) in [6.07, 6.45) is 6.05. The molecule has 2 aromatic carbocycles. The third-order valence-electron chi connectivity index (χ3n) is 4.81. The highest BCUT2D eigenvalue weighted by Gasteiger charge is 2.17. The first kappa shape index (κ1) is 17.0. The number of H-pyrrole nitrogens is 1. The molecular weight excluding hydrogens is 340 g/mol. The molecule has 6 heteroatoms. The largest absolute Gasteiger partial charge is 0.497 e. The molecule has 0 bridgehead atoms. The Kier molecular flexibility index (Phi) is 4.46. The standard InChI is InChI=1S/C21H20N4O2/c1-3-20(15-5-4-6-18(9-15)27-2)25-21(26)19-10-14(17-11-22-23-12-17)7-8-16(19)13-24-25/h4-13,20H,3H2,1-2H3,(H,22,23). The fourth-order valence-electron chi connectivity index (χ4n) is 3.36. The molecule has 0 fully saturated rings. The zero-order valence-corrected chi connectivity index (χ0v) is 15.2. The predicted molar refractivity (Wildman–Crippen MR) is 105 cm³/mol. The van der Waals surface area contributed by atoms with Crippen molar-refractivity contribution in [3.8, 4) is 16.9 Å². The number of benzene rings is 2. The average molecular weight is 360 g/mol. The highest BCUT2D eigenvalue weighted by Crippen LogP contribution is 2.25. The monoisotopic (exact) mass is 360 g/mol. The second-order valence-corrected chi connectivity index (χ2v) is 6.38. The SMILES string of the molecule is CCC(c1cccc(OC)c1)n1ncc2ccc(-c3cn[nH]c3)cc2c1=O. The van der Waals surface area contributed by atoms with Crippen LogP contribution in [0.1, 0.15) is 24.9 Å².